The number of hydrogen-bond acceptors (Lipinski definition) is 5. The summed E-state index contributed by atoms with van der Waals surface area (Å²) in [5.41, 5.74) is -1.01. The Hall–Kier alpha value is -2.52. The van der Waals surface area contributed by atoms with Gasteiger partial charge in [0.2, 0.25) is 13.7 Å². The van der Waals surface area contributed by atoms with Crippen molar-refractivity contribution in [1.82, 2.24) is 0 Å². The minimum absolute atomic E-state index is 0.0354. The maximum atomic E-state index is 12.7. The highest BCUT2D eigenvalue weighted by molar-refractivity contribution is 6.74. The number of hydrogen-bond donors (Lipinski definition) is 0. The molecule has 0 aromatic heterocycles. The lowest BCUT2D eigenvalue weighted by Crippen LogP contribution is -2.41. The molecule has 30 heavy (non-hydrogen) atoms. The second-order valence-electron chi connectivity index (χ2n) is 8.49. The van der Waals surface area contributed by atoms with Gasteiger partial charge < -0.3 is 13.9 Å². The van der Waals surface area contributed by atoms with Gasteiger partial charge >= 0.3 is 11.9 Å². The van der Waals surface area contributed by atoms with Crippen molar-refractivity contribution in [3.05, 3.63) is 42.0 Å². The molecular formula is C24H34O5Si. The van der Waals surface area contributed by atoms with Gasteiger partial charge in [-0.05, 0) is 38.1 Å². The number of ether oxygens (including phenoxy) is 2. The van der Waals surface area contributed by atoms with Crippen LogP contribution < -0.4 is 0 Å². The summed E-state index contributed by atoms with van der Waals surface area (Å²) in [6.07, 6.45) is 7.31. The molecule has 0 atom stereocenters. The Morgan fingerprint density at radius 2 is 1.53 bits per heavy atom. The van der Waals surface area contributed by atoms with Crippen LogP contribution in [-0.4, -0.2) is 33.5 Å². The van der Waals surface area contributed by atoms with Crippen LogP contribution in [-0.2, 0) is 23.5 Å². The zero-order valence-electron chi connectivity index (χ0n) is 19.2. The summed E-state index contributed by atoms with van der Waals surface area (Å²) in [4.78, 5) is 25.4. The van der Waals surface area contributed by atoms with Gasteiger partial charge in [0.1, 0.15) is 5.76 Å². The lowest BCUT2D eigenvalue weighted by molar-refractivity contribution is -0.166. The van der Waals surface area contributed by atoms with Crippen molar-refractivity contribution in [2.75, 3.05) is 13.2 Å². The summed E-state index contributed by atoms with van der Waals surface area (Å²) in [7, 11) is -2.19. The molecule has 0 N–H and O–H groups in total. The Kier molecular flexibility index (Phi) is 8.92. The van der Waals surface area contributed by atoms with Gasteiger partial charge in [0.15, 0.2) is 0 Å². The van der Waals surface area contributed by atoms with E-state index in [1.165, 1.54) is 0 Å². The Balaban J connectivity index is 3.47. The van der Waals surface area contributed by atoms with E-state index in [4.69, 9.17) is 20.3 Å². The third kappa shape index (κ3) is 5.99. The van der Waals surface area contributed by atoms with Crippen LogP contribution in [0.25, 0.3) is 5.76 Å². The Morgan fingerprint density at radius 1 is 1.03 bits per heavy atom. The molecule has 1 aromatic rings. The van der Waals surface area contributed by atoms with E-state index in [-0.39, 0.29) is 24.7 Å². The summed E-state index contributed by atoms with van der Waals surface area (Å²) in [6, 6.07) is 9.57. The molecule has 0 aliphatic heterocycles. The van der Waals surface area contributed by atoms with Crippen molar-refractivity contribution in [2.24, 2.45) is 5.41 Å². The number of allylic oxidation sites excluding steroid dienone is 1. The summed E-state index contributed by atoms with van der Waals surface area (Å²) in [5.74, 6) is 1.36. The molecule has 0 heterocycles. The normalized spacial score (nSPS) is 12.7. The van der Waals surface area contributed by atoms with E-state index in [2.05, 4.69) is 39.8 Å². The van der Waals surface area contributed by atoms with Crippen molar-refractivity contribution < 1.29 is 23.5 Å². The fraction of sp³-hybridized carbons (Fsp3) is 0.500. The zero-order chi connectivity index (χ0) is 23.0. The quantitative estimate of drug-likeness (QED) is 0.177. The van der Waals surface area contributed by atoms with Crippen molar-refractivity contribution in [3.63, 3.8) is 0 Å². The summed E-state index contributed by atoms with van der Waals surface area (Å²) in [5, 5.41) is -0.0354. The highest BCUT2D eigenvalue weighted by Gasteiger charge is 2.47. The lowest BCUT2D eigenvalue weighted by Gasteiger charge is -2.37. The smallest absolute Gasteiger partial charge is 0.336 e. The van der Waals surface area contributed by atoms with Gasteiger partial charge in [-0.15, -0.1) is 6.42 Å². The number of esters is 2. The molecule has 164 valence electrons. The van der Waals surface area contributed by atoms with Crippen LogP contribution in [0.3, 0.4) is 0 Å². The molecule has 1 aromatic carbocycles. The van der Waals surface area contributed by atoms with Gasteiger partial charge in [-0.25, -0.2) is 9.59 Å². The van der Waals surface area contributed by atoms with E-state index in [9.17, 15) is 9.59 Å². The van der Waals surface area contributed by atoms with Gasteiger partial charge in [0, 0.05) is 12.0 Å². The van der Waals surface area contributed by atoms with Gasteiger partial charge in [-0.3, -0.25) is 0 Å². The molecule has 0 spiro atoms. The van der Waals surface area contributed by atoms with E-state index in [1.807, 2.05) is 30.3 Å². The van der Waals surface area contributed by atoms with E-state index < -0.39 is 25.7 Å². The van der Waals surface area contributed by atoms with Gasteiger partial charge in [-0.1, -0.05) is 57.0 Å². The fourth-order valence-electron chi connectivity index (χ4n) is 2.43. The number of benzene rings is 1. The highest BCUT2D eigenvalue weighted by Crippen LogP contribution is 2.40. The first-order valence-corrected chi connectivity index (χ1v) is 13.1. The maximum absolute atomic E-state index is 12.7. The van der Waals surface area contributed by atoms with Crippen molar-refractivity contribution in [2.45, 2.75) is 59.2 Å². The number of rotatable bonds is 9. The Labute approximate surface area is 181 Å². The fourth-order valence-corrected chi connectivity index (χ4v) is 3.49. The van der Waals surface area contributed by atoms with Crippen LogP contribution >= 0.6 is 0 Å². The predicted octanol–water partition coefficient (Wildman–Crippen LogP) is 5.19. The second-order valence-corrected chi connectivity index (χ2v) is 13.2. The number of terminal acetylenes is 1. The second kappa shape index (κ2) is 10.5. The largest absolute Gasteiger partial charge is 0.543 e. The molecule has 6 heteroatoms. The van der Waals surface area contributed by atoms with Crippen LogP contribution in [0.4, 0.5) is 0 Å². The predicted molar refractivity (Wildman–Crippen MR) is 122 cm³/mol. The zero-order valence-corrected chi connectivity index (χ0v) is 20.2. The molecule has 0 aliphatic rings. The first-order valence-electron chi connectivity index (χ1n) is 10.2. The molecule has 0 aliphatic carbocycles. The average molecular weight is 431 g/mol. The van der Waals surface area contributed by atoms with Gasteiger partial charge in [0.25, 0.3) is 0 Å². The molecular weight excluding hydrogens is 396 g/mol. The SMILES string of the molecule is C#CC(C/C=C(\O[Si](C)(C)C(C)(C)C)c1ccccc1)(C(=O)OCC)C(=O)OCC. The Morgan fingerprint density at radius 3 is 1.93 bits per heavy atom. The minimum Gasteiger partial charge on any atom is -0.543 e. The van der Waals surface area contributed by atoms with E-state index in [1.54, 1.807) is 19.9 Å². The molecule has 5 nitrogen and oxygen atoms in total. The first kappa shape index (κ1) is 25.5. The van der Waals surface area contributed by atoms with Crippen LogP contribution in [0.1, 0.15) is 46.6 Å². The van der Waals surface area contributed by atoms with E-state index in [0.29, 0.717) is 5.76 Å². The number of carbonyl (C=O) groups is 2. The first-order chi connectivity index (χ1) is 13.9. The van der Waals surface area contributed by atoms with E-state index in [0.717, 1.165) is 5.56 Å². The lowest BCUT2D eigenvalue weighted by atomic mass is 9.84. The molecule has 0 bridgehead atoms. The van der Waals surface area contributed by atoms with Crippen LogP contribution in [0, 0.1) is 17.8 Å². The van der Waals surface area contributed by atoms with E-state index >= 15 is 0 Å². The molecule has 0 radical (unpaired) electrons. The third-order valence-corrected chi connectivity index (χ3v) is 9.66. The number of carbonyl (C=O) groups excluding carboxylic acids is 2. The summed E-state index contributed by atoms with van der Waals surface area (Å²) < 4.78 is 16.8. The Bertz CT molecular complexity index is 779. The third-order valence-electron chi connectivity index (χ3n) is 5.32. The minimum atomic E-state index is -2.19. The monoisotopic (exact) mass is 430 g/mol. The standard InChI is InChI=1S/C24H34O5Si/c1-9-24(21(25)27-10-2,22(26)28-11-3)18-17-20(19-15-13-12-14-16-19)29-30(7,8)23(4,5)6/h1,12-17H,10-11,18H2,2-8H3/b20-17-. The highest BCUT2D eigenvalue weighted by atomic mass is 28.4. The topological polar surface area (TPSA) is 61.8 Å². The maximum Gasteiger partial charge on any atom is 0.336 e. The van der Waals surface area contributed by atoms with Gasteiger partial charge in [0.05, 0.1) is 13.2 Å². The molecule has 0 saturated carbocycles. The van der Waals surface area contributed by atoms with Crippen molar-refractivity contribution >= 4 is 26.0 Å². The molecule has 0 unspecified atom stereocenters. The molecule has 0 amide bonds. The molecule has 0 saturated heterocycles. The van der Waals surface area contributed by atoms with Gasteiger partial charge in [-0.2, -0.15) is 0 Å². The van der Waals surface area contributed by atoms with Crippen LogP contribution in [0.15, 0.2) is 36.4 Å². The van der Waals surface area contributed by atoms with Crippen molar-refractivity contribution in [1.29, 1.82) is 0 Å². The molecule has 1 rings (SSSR count). The van der Waals surface area contributed by atoms with Crippen molar-refractivity contribution in [3.8, 4) is 12.3 Å². The summed E-state index contributed by atoms with van der Waals surface area (Å²) in [6.45, 7) is 14.2. The molecule has 0 fully saturated rings. The summed E-state index contributed by atoms with van der Waals surface area (Å²) >= 11 is 0. The average Bonchev–Trinajstić information content (AvgIpc) is 2.68. The van der Waals surface area contributed by atoms with Crippen LogP contribution in [0.2, 0.25) is 18.1 Å². The van der Waals surface area contributed by atoms with Crippen LogP contribution in [0.5, 0.6) is 0 Å².